The van der Waals surface area contributed by atoms with E-state index in [1.807, 2.05) is 19.2 Å². The molecule has 3 heteroatoms. The molecule has 0 aliphatic heterocycles. The minimum atomic E-state index is 0.352. The zero-order chi connectivity index (χ0) is 12.7. The zero-order valence-electron chi connectivity index (χ0n) is 11.4. The van der Waals surface area contributed by atoms with Crippen LogP contribution >= 0.6 is 0 Å². The largest absolute Gasteiger partial charge is 0.497 e. The van der Waals surface area contributed by atoms with Gasteiger partial charge in [-0.25, -0.2) is 0 Å². The normalized spacial score (nSPS) is 12.8. The third-order valence-corrected chi connectivity index (χ3v) is 3.18. The van der Waals surface area contributed by atoms with Crippen LogP contribution in [0.5, 0.6) is 5.75 Å². The molecule has 0 saturated carbocycles. The monoisotopic (exact) mass is 236 g/mol. The molecule has 0 aromatic heterocycles. The first-order valence-corrected chi connectivity index (χ1v) is 6.28. The summed E-state index contributed by atoms with van der Waals surface area (Å²) in [5.41, 5.74) is 1.28. The molecule has 0 bridgehead atoms. The van der Waals surface area contributed by atoms with E-state index < -0.39 is 0 Å². The molecule has 1 atom stereocenters. The number of rotatable bonds is 7. The highest BCUT2D eigenvalue weighted by Crippen LogP contribution is 2.19. The maximum Gasteiger partial charge on any atom is 0.119 e. The van der Waals surface area contributed by atoms with Crippen LogP contribution in [0.3, 0.4) is 0 Å². The molecule has 0 fully saturated rings. The number of nitrogens with zero attached hydrogens (tertiary/aromatic N) is 1. The fourth-order valence-electron chi connectivity index (χ4n) is 1.96. The third kappa shape index (κ3) is 4.02. The SMILES string of the molecule is CCN(CC)CC(NC)c1cccc(OC)c1. The Kier molecular flexibility index (Phi) is 6.01. The molecule has 96 valence electrons. The molecule has 17 heavy (non-hydrogen) atoms. The van der Waals surface area contributed by atoms with Crippen LogP contribution in [0.25, 0.3) is 0 Å². The van der Waals surface area contributed by atoms with E-state index in [0.29, 0.717) is 6.04 Å². The average molecular weight is 236 g/mol. The number of hydrogen-bond donors (Lipinski definition) is 1. The number of hydrogen-bond acceptors (Lipinski definition) is 3. The van der Waals surface area contributed by atoms with E-state index in [1.165, 1.54) is 5.56 Å². The first-order chi connectivity index (χ1) is 8.24. The molecule has 1 rings (SSSR count). The molecule has 1 aromatic rings. The lowest BCUT2D eigenvalue weighted by molar-refractivity contribution is 0.271. The lowest BCUT2D eigenvalue weighted by Gasteiger charge is -2.25. The van der Waals surface area contributed by atoms with E-state index in [4.69, 9.17) is 4.74 Å². The Hall–Kier alpha value is -1.06. The van der Waals surface area contributed by atoms with Crippen molar-refractivity contribution in [3.63, 3.8) is 0 Å². The molecule has 0 saturated heterocycles. The van der Waals surface area contributed by atoms with E-state index in [9.17, 15) is 0 Å². The van der Waals surface area contributed by atoms with Gasteiger partial charge in [-0.05, 0) is 37.8 Å². The zero-order valence-corrected chi connectivity index (χ0v) is 11.4. The van der Waals surface area contributed by atoms with Gasteiger partial charge in [0.05, 0.1) is 7.11 Å². The van der Waals surface area contributed by atoms with Crippen molar-refractivity contribution in [1.82, 2.24) is 10.2 Å². The smallest absolute Gasteiger partial charge is 0.119 e. The van der Waals surface area contributed by atoms with Crippen LogP contribution in [0.1, 0.15) is 25.5 Å². The van der Waals surface area contributed by atoms with Crippen LogP contribution in [0, 0.1) is 0 Å². The summed E-state index contributed by atoms with van der Waals surface area (Å²) >= 11 is 0. The van der Waals surface area contributed by atoms with Crippen molar-refractivity contribution in [3.8, 4) is 5.75 Å². The van der Waals surface area contributed by atoms with Crippen molar-refractivity contribution in [2.45, 2.75) is 19.9 Å². The average Bonchev–Trinajstić information content (AvgIpc) is 2.40. The molecule has 0 heterocycles. The first kappa shape index (κ1) is 14.0. The van der Waals surface area contributed by atoms with Gasteiger partial charge in [0, 0.05) is 12.6 Å². The Bertz CT molecular complexity index is 324. The number of benzene rings is 1. The van der Waals surface area contributed by atoms with Gasteiger partial charge in [-0.2, -0.15) is 0 Å². The third-order valence-electron chi connectivity index (χ3n) is 3.18. The molecule has 0 aliphatic rings. The molecular weight excluding hydrogens is 212 g/mol. The maximum atomic E-state index is 5.27. The van der Waals surface area contributed by atoms with Gasteiger partial charge in [0.2, 0.25) is 0 Å². The fraction of sp³-hybridized carbons (Fsp3) is 0.571. The molecule has 1 N–H and O–H groups in total. The summed E-state index contributed by atoms with van der Waals surface area (Å²) in [5, 5.41) is 3.37. The van der Waals surface area contributed by atoms with Gasteiger partial charge in [-0.3, -0.25) is 0 Å². The lowest BCUT2D eigenvalue weighted by atomic mass is 10.1. The Balaban J connectivity index is 2.77. The van der Waals surface area contributed by atoms with Crippen LogP contribution in [-0.2, 0) is 0 Å². The highest BCUT2D eigenvalue weighted by Gasteiger charge is 2.12. The number of methoxy groups -OCH3 is 1. The second-order valence-corrected chi connectivity index (χ2v) is 4.10. The number of nitrogens with one attached hydrogen (secondary N) is 1. The summed E-state index contributed by atoms with van der Waals surface area (Å²) in [6.07, 6.45) is 0. The van der Waals surface area contributed by atoms with E-state index >= 15 is 0 Å². The number of ether oxygens (including phenoxy) is 1. The lowest BCUT2D eigenvalue weighted by Crippen LogP contribution is -2.33. The Morgan fingerprint density at radius 1 is 1.29 bits per heavy atom. The van der Waals surface area contributed by atoms with Gasteiger partial charge in [-0.15, -0.1) is 0 Å². The molecule has 1 unspecified atom stereocenters. The Morgan fingerprint density at radius 2 is 2.00 bits per heavy atom. The Labute approximate surface area is 105 Å². The van der Waals surface area contributed by atoms with Gasteiger partial charge in [-0.1, -0.05) is 26.0 Å². The summed E-state index contributed by atoms with van der Waals surface area (Å²) in [7, 11) is 3.71. The molecule has 0 radical (unpaired) electrons. The summed E-state index contributed by atoms with van der Waals surface area (Å²) in [5.74, 6) is 0.919. The van der Waals surface area contributed by atoms with Crippen molar-refractivity contribution < 1.29 is 4.74 Å². The molecule has 1 aromatic carbocycles. The van der Waals surface area contributed by atoms with E-state index in [1.54, 1.807) is 7.11 Å². The van der Waals surface area contributed by atoms with Crippen molar-refractivity contribution in [2.24, 2.45) is 0 Å². The van der Waals surface area contributed by atoms with Crippen LogP contribution in [0.2, 0.25) is 0 Å². The minimum absolute atomic E-state index is 0.352. The first-order valence-electron chi connectivity index (χ1n) is 6.28. The molecule has 0 spiro atoms. The van der Waals surface area contributed by atoms with Gasteiger partial charge in [0.25, 0.3) is 0 Å². The fourth-order valence-corrected chi connectivity index (χ4v) is 1.96. The number of likely N-dealkylation sites (N-methyl/N-ethyl adjacent to an activating group) is 2. The van der Waals surface area contributed by atoms with E-state index in [2.05, 4.69) is 36.2 Å². The molecular formula is C14H24N2O. The van der Waals surface area contributed by atoms with Crippen molar-refractivity contribution in [3.05, 3.63) is 29.8 Å². The van der Waals surface area contributed by atoms with Crippen LogP contribution < -0.4 is 10.1 Å². The quantitative estimate of drug-likeness (QED) is 0.786. The van der Waals surface area contributed by atoms with E-state index in [0.717, 1.165) is 25.4 Å². The van der Waals surface area contributed by atoms with Gasteiger partial charge in [0.1, 0.15) is 5.75 Å². The predicted octanol–water partition coefficient (Wildman–Crippen LogP) is 2.30. The van der Waals surface area contributed by atoms with Gasteiger partial charge in [0.15, 0.2) is 0 Å². The van der Waals surface area contributed by atoms with Crippen molar-refractivity contribution >= 4 is 0 Å². The summed E-state index contributed by atoms with van der Waals surface area (Å²) in [6.45, 7) is 7.58. The standard InChI is InChI=1S/C14H24N2O/c1-5-16(6-2)11-14(15-3)12-8-7-9-13(10-12)17-4/h7-10,14-15H,5-6,11H2,1-4H3. The second-order valence-electron chi connectivity index (χ2n) is 4.10. The Morgan fingerprint density at radius 3 is 2.53 bits per heavy atom. The summed E-state index contributed by atoms with van der Waals surface area (Å²) in [4.78, 5) is 2.42. The molecule has 0 amide bonds. The van der Waals surface area contributed by atoms with Crippen molar-refractivity contribution in [2.75, 3.05) is 33.8 Å². The minimum Gasteiger partial charge on any atom is -0.497 e. The van der Waals surface area contributed by atoms with Crippen LogP contribution in [-0.4, -0.2) is 38.7 Å². The van der Waals surface area contributed by atoms with Gasteiger partial charge < -0.3 is 15.0 Å². The van der Waals surface area contributed by atoms with Crippen molar-refractivity contribution in [1.29, 1.82) is 0 Å². The van der Waals surface area contributed by atoms with Gasteiger partial charge >= 0.3 is 0 Å². The van der Waals surface area contributed by atoms with E-state index in [-0.39, 0.29) is 0 Å². The summed E-state index contributed by atoms with van der Waals surface area (Å²) < 4.78 is 5.27. The van der Waals surface area contributed by atoms with Crippen LogP contribution in [0.4, 0.5) is 0 Å². The molecule has 0 aliphatic carbocycles. The predicted molar refractivity (Wildman–Crippen MR) is 72.6 cm³/mol. The highest BCUT2D eigenvalue weighted by molar-refractivity contribution is 5.30. The summed E-state index contributed by atoms with van der Waals surface area (Å²) in [6, 6.07) is 8.62. The highest BCUT2D eigenvalue weighted by atomic mass is 16.5. The second kappa shape index (κ2) is 7.30. The molecule has 3 nitrogen and oxygen atoms in total. The maximum absolute atomic E-state index is 5.27. The topological polar surface area (TPSA) is 24.5 Å². The van der Waals surface area contributed by atoms with Crippen LogP contribution in [0.15, 0.2) is 24.3 Å².